The Morgan fingerprint density at radius 2 is 2.07 bits per heavy atom. The van der Waals surface area contributed by atoms with Crippen molar-refractivity contribution in [2.45, 2.75) is 26.2 Å². The van der Waals surface area contributed by atoms with Crippen molar-refractivity contribution >= 4 is 23.5 Å². The SMILES string of the molecule is COC(=O)c1cc(C(=O)NCC2=CCC(C)(C(=O)OC)CC2)n2ncc(F)c2n1. The number of halogens is 1. The zero-order valence-electron chi connectivity index (χ0n) is 16.3. The number of amides is 1. The van der Waals surface area contributed by atoms with Gasteiger partial charge in [0.15, 0.2) is 17.2 Å². The molecule has 0 radical (unpaired) electrons. The van der Waals surface area contributed by atoms with E-state index in [1.54, 1.807) is 0 Å². The van der Waals surface area contributed by atoms with Crippen molar-refractivity contribution in [2.75, 3.05) is 20.8 Å². The third kappa shape index (κ3) is 3.96. The monoisotopic (exact) mass is 404 g/mol. The van der Waals surface area contributed by atoms with Crippen LogP contribution in [0.2, 0.25) is 0 Å². The van der Waals surface area contributed by atoms with E-state index < -0.39 is 23.1 Å². The topological polar surface area (TPSA) is 112 Å². The van der Waals surface area contributed by atoms with Crippen LogP contribution >= 0.6 is 0 Å². The number of rotatable bonds is 5. The Kier molecular flexibility index (Phi) is 5.62. The second-order valence-corrected chi connectivity index (χ2v) is 7.05. The molecule has 154 valence electrons. The Balaban J connectivity index is 1.77. The van der Waals surface area contributed by atoms with Crippen LogP contribution in [0.4, 0.5) is 4.39 Å². The van der Waals surface area contributed by atoms with Gasteiger partial charge in [0.05, 0.1) is 25.8 Å². The van der Waals surface area contributed by atoms with Crippen molar-refractivity contribution < 1.29 is 28.2 Å². The van der Waals surface area contributed by atoms with E-state index in [2.05, 4.69) is 20.1 Å². The number of carbonyl (C=O) groups excluding carboxylic acids is 3. The lowest BCUT2D eigenvalue weighted by Crippen LogP contribution is -2.33. The standard InChI is InChI=1S/C19H21FN4O5/c1-19(18(27)29-3)6-4-11(5-7-19)9-21-16(25)14-8-13(17(26)28-2)23-15-12(20)10-22-24(14)15/h4,8,10H,5-7,9H2,1-3H3,(H,21,25). The summed E-state index contributed by atoms with van der Waals surface area (Å²) in [5, 5.41) is 6.55. The Morgan fingerprint density at radius 1 is 1.31 bits per heavy atom. The molecular weight excluding hydrogens is 383 g/mol. The van der Waals surface area contributed by atoms with E-state index >= 15 is 0 Å². The smallest absolute Gasteiger partial charge is 0.356 e. The second-order valence-electron chi connectivity index (χ2n) is 7.05. The van der Waals surface area contributed by atoms with Crippen LogP contribution < -0.4 is 5.32 Å². The fourth-order valence-electron chi connectivity index (χ4n) is 3.19. The molecule has 1 N–H and O–H groups in total. The third-order valence-electron chi connectivity index (χ3n) is 5.05. The molecule has 1 unspecified atom stereocenters. The highest BCUT2D eigenvalue weighted by Gasteiger charge is 2.35. The van der Waals surface area contributed by atoms with Crippen molar-refractivity contribution in [3.63, 3.8) is 0 Å². The summed E-state index contributed by atoms with van der Waals surface area (Å²) in [5.41, 5.74) is -0.0966. The lowest BCUT2D eigenvalue weighted by Gasteiger charge is -2.30. The molecule has 10 heteroatoms. The number of methoxy groups -OCH3 is 2. The molecule has 2 aromatic rings. The average Bonchev–Trinajstić information content (AvgIpc) is 3.12. The lowest BCUT2D eigenvalue weighted by atomic mass is 9.76. The van der Waals surface area contributed by atoms with Gasteiger partial charge in [-0.05, 0) is 26.2 Å². The average molecular weight is 404 g/mol. The Labute approximate surface area is 165 Å². The maximum Gasteiger partial charge on any atom is 0.356 e. The maximum absolute atomic E-state index is 13.9. The number of aromatic nitrogens is 3. The van der Waals surface area contributed by atoms with Gasteiger partial charge in [0, 0.05) is 12.6 Å². The van der Waals surface area contributed by atoms with Crippen LogP contribution in [0.3, 0.4) is 0 Å². The van der Waals surface area contributed by atoms with Gasteiger partial charge in [0.1, 0.15) is 5.69 Å². The highest BCUT2D eigenvalue weighted by Crippen LogP contribution is 2.35. The normalized spacial score (nSPS) is 18.8. The second kappa shape index (κ2) is 7.98. The summed E-state index contributed by atoms with van der Waals surface area (Å²) in [5.74, 6) is -2.36. The molecular formula is C19H21FN4O5. The molecule has 0 aromatic carbocycles. The number of esters is 2. The predicted octanol–water partition coefficient (Wildman–Crippen LogP) is 1.67. The first-order valence-electron chi connectivity index (χ1n) is 8.96. The number of carbonyl (C=O) groups is 3. The van der Waals surface area contributed by atoms with Crippen LogP contribution in [0.25, 0.3) is 5.65 Å². The molecule has 1 aliphatic rings. The molecule has 0 saturated heterocycles. The minimum Gasteiger partial charge on any atom is -0.469 e. The van der Waals surface area contributed by atoms with Crippen LogP contribution in [-0.2, 0) is 14.3 Å². The fraction of sp³-hybridized carbons (Fsp3) is 0.421. The number of ether oxygens (including phenoxy) is 2. The minimum atomic E-state index is -0.792. The zero-order valence-corrected chi connectivity index (χ0v) is 16.3. The molecule has 29 heavy (non-hydrogen) atoms. The molecule has 0 bridgehead atoms. The molecule has 3 rings (SSSR count). The largest absolute Gasteiger partial charge is 0.469 e. The molecule has 1 amide bonds. The highest BCUT2D eigenvalue weighted by molar-refractivity contribution is 5.96. The number of allylic oxidation sites excluding steroid dienone is 1. The summed E-state index contributed by atoms with van der Waals surface area (Å²) in [7, 11) is 2.53. The van der Waals surface area contributed by atoms with Crippen LogP contribution in [0, 0.1) is 11.2 Å². The van der Waals surface area contributed by atoms with Gasteiger partial charge in [-0.2, -0.15) is 5.10 Å². The molecule has 0 fully saturated rings. The predicted molar refractivity (Wildman–Crippen MR) is 98.7 cm³/mol. The first-order chi connectivity index (χ1) is 13.8. The van der Waals surface area contributed by atoms with Gasteiger partial charge in [-0.15, -0.1) is 0 Å². The minimum absolute atomic E-state index is 0.0462. The van der Waals surface area contributed by atoms with Gasteiger partial charge in [-0.1, -0.05) is 11.6 Å². The summed E-state index contributed by atoms with van der Waals surface area (Å²) < 4.78 is 24.4. The van der Waals surface area contributed by atoms with E-state index in [0.717, 1.165) is 16.3 Å². The molecule has 1 aliphatic carbocycles. The van der Waals surface area contributed by atoms with Gasteiger partial charge < -0.3 is 14.8 Å². The summed E-state index contributed by atoms with van der Waals surface area (Å²) >= 11 is 0. The fourth-order valence-corrected chi connectivity index (χ4v) is 3.19. The van der Waals surface area contributed by atoms with Gasteiger partial charge in [0.25, 0.3) is 5.91 Å². The Morgan fingerprint density at radius 3 is 2.69 bits per heavy atom. The Bertz CT molecular complexity index is 1020. The molecule has 2 heterocycles. The van der Waals surface area contributed by atoms with Gasteiger partial charge >= 0.3 is 11.9 Å². The van der Waals surface area contributed by atoms with Crippen LogP contribution in [-0.4, -0.2) is 53.2 Å². The van der Waals surface area contributed by atoms with Crippen molar-refractivity contribution in [3.05, 3.63) is 41.1 Å². The van der Waals surface area contributed by atoms with E-state index in [1.165, 1.54) is 20.3 Å². The number of hydrogen-bond donors (Lipinski definition) is 1. The van der Waals surface area contributed by atoms with Crippen LogP contribution in [0.1, 0.15) is 47.2 Å². The van der Waals surface area contributed by atoms with E-state index in [4.69, 9.17) is 4.74 Å². The molecule has 0 spiro atoms. The molecule has 0 aliphatic heterocycles. The van der Waals surface area contributed by atoms with E-state index in [9.17, 15) is 18.8 Å². The van der Waals surface area contributed by atoms with Gasteiger partial charge in [0.2, 0.25) is 0 Å². The zero-order chi connectivity index (χ0) is 21.2. The summed E-state index contributed by atoms with van der Waals surface area (Å²) in [6.45, 7) is 2.09. The van der Waals surface area contributed by atoms with Crippen LogP contribution in [0.5, 0.6) is 0 Å². The maximum atomic E-state index is 13.9. The van der Waals surface area contributed by atoms with Gasteiger partial charge in [-0.25, -0.2) is 18.7 Å². The Hall–Kier alpha value is -3.30. The quantitative estimate of drug-likeness (QED) is 0.596. The number of fused-ring (bicyclic) bond motifs is 1. The summed E-state index contributed by atoms with van der Waals surface area (Å²) in [6, 6.07) is 1.20. The van der Waals surface area contributed by atoms with Crippen molar-refractivity contribution in [2.24, 2.45) is 5.41 Å². The van der Waals surface area contributed by atoms with Crippen LogP contribution in [0.15, 0.2) is 23.9 Å². The number of hydrogen-bond acceptors (Lipinski definition) is 7. The third-order valence-corrected chi connectivity index (χ3v) is 5.05. The van der Waals surface area contributed by atoms with Crippen molar-refractivity contribution in [1.29, 1.82) is 0 Å². The van der Waals surface area contributed by atoms with E-state index in [1.807, 2.05) is 13.0 Å². The first-order valence-corrected chi connectivity index (χ1v) is 8.96. The van der Waals surface area contributed by atoms with E-state index in [-0.39, 0.29) is 29.5 Å². The number of nitrogens with zero attached hydrogens (tertiary/aromatic N) is 3. The highest BCUT2D eigenvalue weighted by atomic mass is 19.1. The summed E-state index contributed by atoms with van der Waals surface area (Å²) in [6.07, 6.45) is 4.58. The van der Waals surface area contributed by atoms with Gasteiger partial charge in [-0.3, -0.25) is 9.59 Å². The number of nitrogens with one attached hydrogen (secondary N) is 1. The molecule has 1 atom stereocenters. The van der Waals surface area contributed by atoms with Crippen molar-refractivity contribution in [1.82, 2.24) is 19.9 Å². The first kappa shape index (κ1) is 20.4. The lowest BCUT2D eigenvalue weighted by molar-refractivity contribution is -0.152. The molecule has 0 saturated carbocycles. The summed E-state index contributed by atoms with van der Waals surface area (Å²) in [4.78, 5) is 40.2. The molecule has 2 aromatic heterocycles. The van der Waals surface area contributed by atoms with Crippen molar-refractivity contribution in [3.8, 4) is 0 Å². The van der Waals surface area contributed by atoms with E-state index in [0.29, 0.717) is 19.3 Å². The molecule has 9 nitrogen and oxygen atoms in total.